The second-order valence-electron chi connectivity index (χ2n) is 4.03. The van der Waals surface area contributed by atoms with Crippen LogP contribution in [0.2, 0.25) is 5.02 Å². The SMILES string of the molecule is Cc1cc(Cl)c(-n2cnc(C(F)(F)F)n2)cc1SCC#N. The molecule has 0 spiro atoms. The van der Waals surface area contributed by atoms with Crippen molar-refractivity contribution in [3.8, 4) is 11.8 Å². The average Bonchev–Trinajstić information content (AvgIpc) is 2.87. The van der Waals surface area contributed by atoms with E-state index in [1.807, 2.05) is 6.07 Å². The summed E-state index contributed by atoms with van der Waals surface area (Å²) in [4.78, 5) is 3.98. The average molecular weight is 333 g/mol. The van der Waals surface area contributed by atoms with Gasteiger partial charge >= 0.3 is 6.18 Å². The van der Waals surface area contributed by atoms with E-state index in [0.717, 1.165) is 21.5 Å². The first-order valence-electron chi connectivity index (χ1n) is 5.62. The van der Waals surface area contributed by atoms with Gasteiger partial charge in [-0.25, -0.2) is 9.67 Å². The summed E-state index contributed by atoms with van der Waals surface area (Å²) in [5.74, 6) is -1.00. The van der Waals surface area contributed by atoms with Gasteiger partial charge in [-0.3, -0.25) is 0 Å². The summed E-state index contributed by atoms with van der Waals surface area (Å²) in [6, 6.07) is 5.20. The molecule has 0 atom stereocenters. The molecule has 0 bridgehead atoms. The molecule has 0 N–H and O–H groups in total. The lowest BCUT2D eigenvalue weighted by molar-refractivity contribution is -0.144. The number of alkyl halides is 3. The van der Waals surface area contributed by atoms with Crippen molar-refractivity contribution in [2.75, 3.05) is 5.75 Å². The van der Waals surface area contributed by atoms with Gasteiger partial charge in [0.25, 0.3) is 5.82 Å². The Balaban J connectivity index is 2.44. The van der Waals surface area contributed by atoms with E-state index >= 15 is 0 Å². The molecule has 2 rings (SSSR count). The van der Waals surface area contributed by atoms with Crippen LogP contribution in [0.25, 0.3) is 5.69 Å². The molecule has 0 saturated heterocycles. The molecule has 0 aliphatic heterocycles. The van der Waals surface area contributed by atoms with Crippen molar-refractivity contribution in [1.29, 1.82) is 5.26 Å². The minimum atomic E-state index is -4.61. The van der Waals surface area contributed by atoms with Crippen LogP contribution in [0.4, 0.5) is 13.2 Å². The molecule has 0 radical (unpaired) electrons. The Labute approximate surface area is 127 Å². The quantitative estimate of drug-likeness (QED) is 0.801. The zero-order valence-electron chi connectivity index (χ0n) is 10.6. The van der Waals surface area contributed by atoms with Crippen LogP contribution in [0.3, 0.4) is 0 Å². The van der Waals surface area contributed by atoms with Crippen LogP contribution >= 0.6 is 23.4 Å². The van der Waals surface area contributed by atoms with Crippen LogP contribution in [-0.2, 0) is 6.18 Å². The summed E-state index contributed by atoms with van der Waals surface area (Å²) < 4.78 is 38.5. The highest BCUT2D eigenvalue weighted by molar-refractivity contribution is 7.99. The lowest BCUT2D eigenvalue weighted by Gasteiger charge is -2.09. The predicted octanol–water partition coefficient (Wildman–Crippen LogP) is 3.86. The van der Waals surface area contributed by atoms with Crippen LogP contribution in [0.1, 0.15) is 11.4 Å². The number of thioether (sulfide) groups is 1. The summed E-state index contributed by atoms with van der Waals surface area (Å²) in [6.07, 6.45) is -3.65. The van der Waals surface area contributed by atoms with E-state index in [0.29, 0.717) is 0 Å². The van der Waals surface area contributed by atoms with Crippen LogP contribution in [0.15, 0.2) is 23.4 Å². The molecule has 2 aromatic rings. The standard InChI is InChI=1S/C12H8ClF3N4S/c1-7-4-8(13)9(5-10(7)21-3-2-17)20-6-18-11(19-20)12(14,15)16/h4-6H,3H2,1H3. The fourth-order valence-electron chi connectivity index (χ4n) is 1.59. The maximum absolute atomic E-state index is 12.5. The maximum atomic E-state index is 12.5. The molecule has 1 aromatic carbocycles. The van der Waals surface area contributed by atoms with E-state index in [9.17, 15) is 13.2 Å². The Hall–Kier alpha value is -1.72. The van der Waals surface area contributed by atoms with Gasteiger partial charge in [-0.2, -0.15) is 18.4 Å². The van der Waals surface area contributed by atoms with Crippen molar-refractivity contribution in [3.63, 3.8) is 0 Å². The molecular formula is C12H8ClF3N4S. The smallest absolute Gasteiger partial charge is 0.219 e. The highest BCUT2D eigenvalue weighted by Gasteiger charge is 2.36. The molecule has 0 aliphatic carbocycles. The number of nitriles is 1. The summed E-state index contributed by atoms with van der Waals surface area (Å²) in [6.45, 7) is 1.80. The van der Waals surface area contributed by atoms with E-state index in [1.54, 1.807) is 19.1 Å². The Morgan fingerprint density at radius 2 is 2.14 bits per heavy atom. The Morgan fingerprint density at radius 1 is 1.43 bits per heavy atom. The monoisotopic (exact) mass is 332 g/mol. The molecule has 21 heavy (non-hydrogen) atoms. The minimum Gasteiger partial charge on any atom is -0.219 e. The molecule has 0 fully saturated rings. The van der Waals surface area contributed by atoms with Crippen LogP contribution in [0.5, 0.6) is 0 Å². The topological polar surface area (TPSA) is 54.5 Å². The van der Waals surface area contributed by atoms with Crippen LogP contribution in [0, 0.1) is 18.3 Å². The number of aryl methyl sites for hydroxylation is 1. The van der Waals surface area contributed by atoms with E-state index in [4.69, 9.17) is 16.9 Å². The van der Waals surface area contributed by atoms with Crippen molar-refractivity contribution < 1.29 is 13.2 Å². The zero-order chi connectivity index (χ0) is 15.6. The van der Waals surface area contributed by atoms with E-state index in [1.165, 1.54) is 11.8 Å². The Morgan fingerprint density at radius 3 is 2.71 bits per heavy atom. The maximum Gasteiger partial charge on any atom is 0.453 e. The highest BCUT2D eigenvalue weighted by atomic mass is 35.5. The molecule has 0 unspecified atom stereocenters. The number of hydrogen-bond donors (Lipinski definition) is 0. The molecule has 1 heterocycles. The van der Waals surface area contributed by atoms with Gasteiger partial charge in [0.1, 0.15) is 6.33 Å². The summed E-state index contributed by atoms with van der Waals surface area (Å²) in [5.41, 5.74) is 1.12. The van der Waals surface area contributed by atoms with Crippen molar-refractivity contribution in [3.05, 3.63) is 34.9 Å². The molecule has 0 amide bonds. The third-order valence-corrected chi connectivity index (χ3v) is 3.86. The van der Waals surface area contributed by atoms with Gasteiger partial charge in [-0.15, -0.1) is 16.9 Å². The zero-order valence-corrected chi connectivity index (χ0v) is 12.2. The Bertz CT molecular complexity index is 706. The number of aromatic nitrogens is 3. The molecule has 0 saturated carbocycles. The van der Waals surface area contributed by atoms with Gasteiger partial charge in [0.15, 0.2) is 0 Å². The lowest BCUT2D eigenvalue weighted by atomic mass is 10.2. The molecule has 1 aromatic heterocycles. The first-order valence-corrected chi connectivity index (χ1v) is 6.98. The van der Waals surface area contributed by atoms with E-state index in [2.05, 4.69) is 10.1 Å². The Kier molecular flexibility index (Phi) is 4.44. The summed E-state index contributed by atoms with van der Waals surface area (Å²) >= 11 is 7.32. The lowest BCUT2D eigenvalue weighted by Crippen LogP contribution is -2.08. The molecule has 4 nitrogen and oxygen atoms in total. The number of benzene rings is 1. The minimum absolute atomic E-state index is 0.229. The van der Waals surface area contributed by atoms with Gasteiger partial charge in [-0.05, 0) is 24.6 Å². The number of hydrogen-bond acceptors (Lipinski definition) is 4. The van der Waals surface area contributed by atoms with Gasteiger partial charge in [-0.1, -0.05) is 11.6 Å². The fraction of sp³-hybridized carbons (Fsp3) is 0.250. The largest absolute Gasteiger partial charge is 0.453 e. The first-order chi connectivity index (χ1) is 9.82. The third kappa shape index (κ3) is 3.49. The van der Waals surface area contributed by atoms with Crippen LogP contribution in [-0.4, -0.2) is 20.5 Å². The second kappa shape index (κ2) is 5.95. The van der Waals surface area contributed by atoms with Gasteiger partial charge in [0.2, 0.25) is 0 Å². The summed E-state index contributed by atoms with van der Waals surface area (Å²) in [5, 5.41) is 12.2. The first kappa shape index (κ1) is 15.7. The van der Waals surface area contributed by atoms with E-state index in [-0.39, 0.29) is 16.5 Å². The second-order valence-corrected chi connectivity index (χ2v) is 5.45. The molecule has 9 heteroatoms. The van der Waals surface area contributed by atoms with Crippen molar-refractivity contribution in [2.45, 2.75) is 18.0 Å². The number of nitrogens with zero attached hydrogens (tertiary/aromatic N) is 4. The van der Waals surface area contributed by atoms with Gasteiger partial charge in [0.05, 0.1) is 22.5 Å². The van der Waals surface area contributed by atoms with Gasteiger partial charge in [0, 0.05) is 4.90 Å². The van der Waals surface area contributed by atoms with Crippen molar-refractivity contribution in [1.82, 2.24) is 14.8 Å². The molecule has 0 aliphatic rings. The number of rotatable bonds is 3. The van der Waals surface area contributed by atoms with Crippen molar-refractivity contribution >= 4 is 23.4 Å². The highest BCUT2D eigenvalue weighted by Crippen LogP contribution is 2.31. The molecule has 110 valence electrons. The fourth-order valence-corrected chi connectivity index (χ4v) is 2.60. The molecular weight excluding hydrogens is 325 g/mol. The van der Waals surface area contributed by atoms with Crippen LogP contribution < -0.4 is 0 Å². The van der Waals surface area contributed by atoms with E-state index < -0.39 is 12.0 Å². The van der Waals surface area contributed by atoms with Gasteiger partial charge < -0.3 is 0 Å². The normalized spacial score (nSPS) is 11.4. The predicted molar refractivity (Wildman–Crippen MR) is 72.4 cm³/mol. The number of halogens is 4. The third-order valence-electron chi connectivity index (χ3n) is 2.53. The summed E-state index contributed by atoms with van der Waals surface area (Å²) in [7, 11) is 0. The van der Waals surface area contributed by atoms with Crippen molar-refractivity contribution in [2.24, 2.45) is 0 Å².